The summed E-state index contributed by atoms with van der Waals surface area (Å²) in [5.74, 6) is 1.09. The summed E-state index contributed by atoms with van der Waals surface area (Å²) in [5.41, 5.74) is 0.984. The fourth-order valence-corrected chi connectivity index (χ4v) is 3.42. The van der Waals surface area contributed by atoms with Crippen LogP contribution < -0.4 is 5.56 Å². The quantitative estimate of drug-likeness (QED) is 0.825. The molecule has 1 saturated heterocycles. The van der Waals surface area contributed by atoms with Gasteiger partial charge in [0.1, 0.15) is 11.4 Å². The van der Waals surface area contributed by atoms with Gasteiger partial charge in [-0.15, -0.1) is 0 Å². The predicted molar refractivity (Wildman–Crippen MR) is 100 cm³/mol. The van der Waals surface area contributed by atoms with E-state index in [9.17, 15) is 9.59 Å². The van der Waals surface area contributed by atoms with E-state index < -0.39 is 0 Å². The summed E-state index contributed by atoms with van der Waals surface area (Å²) in [6.07, 6.45) is 3.73. The molecule has 2 aromatic heterocycles. The first-order valence-electron chi connectivity index (χ1n) is 9.06. The Kier molecular flexibility index (Phi) is 5.27. The Bertz CT molecular complexity index is 844. The summed E-state index contributed by atoms with van der Waals surface area (Å²) < 4.78 is 3.60. The minimum Gasteiger partial charge on any atom is -0.337 e. The first-order valence-corrected chi connectivity index (χ1v) is 9.06. The second kappa shape index (κ2) is 7.45. The molecule has 7 nitrogen and oxygen atoms in total. The third-order valence-corrected chi connectivity index (χ3v) is 5.11. The molecule has 26 heavy (non-hydrogen) atoms. The highest BCUT2D eigenvalue weighted by molar-refractivity contribution is 5.94. The van der Waals surface area contributed by atoms with Gasteiger partial charge in [0.15, 0.2) is 0 Å². The highest BCUT2D eigenvalue weighted by atomic mass is 16.2. The number of aromatic nitrogens is 3. The Labute approximate surface area is 153 Å². The number of rotatable bonds is 4. The van der Waals surface area contributed by atoms with Gasteiger partial charge in [-0.25, -0.2) is 4.98 Å². The van der Waals surface area contributed by atoms with Crippen molar-refractivity contribution in [3.63, 3.8) is 0 Å². The van der Waals surface area contributed by atoms with Gasteiger partial charge in [-0.3, -0.25) is 14.5 Å². The third kappa shape index (κ3) is 3.58. The van der Waals surface area contributed by atoms with Gasteiger partial charge in [0, 0.05) is 58.4 Å². The van der Waals surface area contributed by atoms with Crippen LogP contribution >= 0.6 is 0 Å². The van der Waals surface area contributed by atoms with E-state index in [0.29, 0.717) is 13.1 Å². The molecular formula is C19H27N5O2. The van der Waals surface area contributed by atoms with Crippen LogP contribution in [0.1, 0.15) is 41.6 Å². The Morgan fingerprint density at radius 1 is 1.15 bits per heavy atom. The SMILES string of the molecule is CC(C)c1ccc(C(=O)N2CCN(Cc3nccn3C)CC2)c(=O)n1C. The Morgan fingerprint density at radius 3 is 2.42 bits per heavy atom. The van der Waals surface area contributed by atoms with Crippen LogP contribution in [0.15, 0.2) is 29.3 Å². The molecule has 1 fully saturated rings. The molecule has 2 aromatic rings. The van der Waals surface area contributed by atoms with E-state index in [0.717, 1.165) is 31.2 Å². The number of pyridine rings is 1. The summed E-state index contributed by atoms with van der Waals surface area (Å²) in [6.45, 7) is 7.66. The van der Waals surface area contributed by atoms with Crippen molar-refractivity contribution in [1.29, 1.82) is 0 Å². The first-order chi connectivity index (χ1) is 12.4. The fraction of sp³-hybridized carbons (Fsp3) is 0.526. The molecule has 0 saturated carbocycles. The minimum atomic E-state index is -0.211. The normalized spacial score (nSPS) is 15.7. The molecule has 140 valence electrons. The van der Waals surface area contributed by atoms with Crippen molar-refractivity contribution in [2.75, 3.05) is 26.2 Å². The molecule has 7 heteroatoms. The lowest BCUT2D eigenvalue weighted by atomic mass is 10.1. The lowest BCUT2D eigenvalue weighted by Crippen LogP contribution is -2.49. The second-order valence-electron chi connectivity index (χ2n) is 7.21. The summed E-state index contributed by atoms with van der Waals surface area (Å²) in [7, 11) is 3.72. The Hall–Kier alpha value is -2.41. The van der Waals surface area contributed by atoms with Crippen LogP contribution in [0.4, 0.5) is 0 Å². The van der Waals surface area contributed by atoms with Crippen molar-refractivity contribution in [1.82, 2.24) is 23.9 Å². The maximum Gasteiger partial charge on any atom is 0.263 e. The van der Waals surface area contributed by atoms with Crippen molar-refractivity contribution in [3.8, 4) is 0 Å². The molecule has 0 atom stereocenters. The first kappa shape index (κ1) is 18.4. The lowest BCUT2D eigenvalue weighted by Gasteiger charge is -2.34. The van der Waals surface area contributed by atoms with Crippen LogP contribution in [0.3, 0.4) is 0 Å². The molecule has 0 unspecified atom stereocenters. The number of aryl methyl sites for hydroxylation is 1. The largest absolute Gasteiger partial charge is 0.337 e. The van der Waals surface area contributed by atoms with Crippen molar-refractivity contribution < 1.29 is 4.79 Å². The predicted octanol–water partition coefficient (Wildman–Crippen LogP) is 1.20. The zero-order valence-electron chi connectivity index (χ0n) is 16.0. The third-order valence-electron chi connectivity index (χ3n) is 5.11. The minimum absolute atomic E-state index is 0.169. The van der Waals surface area contributed by atoms with E-state index in [1.54, 1.807) is 28.8 Å². The van der Waals surface area contributed by atoms with E-state index in [1.165, 1.54) is 0 Å². The molecular weight excluding hydrogens is 330 g/mol. The lowest BCUT2D eigenvalue weighted by molar-refractivity contribution is 0.0622. The van der Waals surface area contributed by atoms with Crippen LogP contribution in [-0.2, 0) is 20.6 Å². The Morgan fingerprint density at radius 2 is 1.85 bits per heavy atom. The van der Waals surface area contributed by atoms with Crippen molar-refractivity contribution in [2.45, 2.75) is 26.3 Å². The highest BCUT2D eigenvalue weighted by Crippen LogP contribution is 2.14. The van der Waals surface area contributed by atoms with Gasteiger partial charge in [-0.1, -0.05) is 13.8 Å². The number of carbonyl (C=O) groups is 1. The molecule has 3 heterocycles. The van der Waals surface area contributed by atoms with Crippen molar-refractivity contribution in [3.05, 3.63) is 52.0 Å². The number of hydrogen-bond acceptors (Lipinski definition) is 4. The number of hydrogen-bond donors (Lipinski definition) is 0. The van der Waals surface area contributed by atoms with Gasteiger partial charge in [0.25, 0.3) is 11.5 Å². The molecule has 3 rings (SSSR count). The Balaban J connectivity index is 1.66. The summed E-state index contributed by atoms with van der Waals surface area (Å²) in [6, 6.07) is 3.57. The zero-order chi connectivity index (χ0) is 18.8. The van der Waals surface area contributed by atoms with Gasteiger partial charge < -0.3 is 14.0 Å². The summed E-state index contributed by atoms with van der Waals surface area (Å²) in [4.78, 5) is 33.8. The van der Waals surface area contributed by atoms with Crippen LogP contribution in [0, 0.1) is 0 Å². The van der Waals surface area contributed by atoms with Gasteiger partial charge in [-0.05, 0) is 18.1 Å². The maximum absolute atomic E-state index is 12.8. The number of carbonyl (C=O) groups excluding carboxylic acids is 1. The van der Waals surface area contributed by atoms with Gasteiger partial charge in [-0.2, -0.15) is 0 Å². The highest BCUT2D eigenvalue weighted by Gasteiger charge is 2.25. The summed E-state index contributed by atoms with van der Waals surface area (Å²) >= 11 is 0. The van der Waals surface area contributed by atoms with Crippen molar-refractivity contribution >= 4 is 5.91 Å². The molecule has 0 aromatic carbocycles. The molecule has 1 aliphatic rings. The maximum atomic E-state index is 12.8. The van der Waals surface area contributed by atoms with Crippen LogP contribution in [0.25, 0.3) is 0 Å². The average Bonchev–Trinajstić information content (AvgIpc) is 3.02. The number of imidazole rings is 1. The van der Waals surface area contributed by atoms with E-state index in [-0.39, 0.29) is 22.9 Å². The monoisotopic (exact) mass is 357 g/mol. The molecule has 0 spiro atoms. The van der Waals surface area contributed by atoms with Crippen LogP contribution in [-0.4, -0.2) is 56.0 Å². The second-order valence-corrected chi connectivity index (χ2v) is 7.21. The molecule has 0 aliphatic carbocycles. The molecule has 0 bridgehead atoms. The van der Waals surface area contributed by atoms with E-state index in [4.69, 9.17) is 0 Å². The molecule has 0 radical (unpaired) electrons. The van der Waals surface area contributed by atoms with Crippen LogP contribution in [0.2, 0.25) is 0 Å². The molecule has 1 aliphatic heterocycles. The van der Waals surface area contributed by atoms with Gasteiger partial charge >= 0.3 is 0 Å². The number of piperazine rings is 1. The molecule has 0 N–H and O–H groups in total. The van der Waals surface area contributed by atoms with E-state index >= 15 is 0 Å². The summed E-state index contributed by atoms with van der Waals surface area (Å²) in [5, 5.41) is 0. The topological polar surface area (TPSA) is 63.4 Å². The van der Waals surface area contributed by atoms with Gasteiger partial charge in [0.05, 0.1) is 6.54 Å². The number of nitrogens with zero attached hydrogens (tertiary/aromatic N) is 5. The standard InChI is InChI=1S/C19H27N5O2/c1-14(2)16-6-5-15(18(25)22(16)4)19(26)24-11-9-23(10-12-24)13-17-20-7-8-21(17)3/h5-8,14H,9-13H2,1-4H3. The van der Waals surface area contributed by atoms with E-state index in [2.05, 4.69) is 9.88 Å². The van der Waals surface area contributed by atoms with Crippen LogP contribution in [0.5, 0.6) is 0 Å². The zero-order valence-corrected chi connectivity index (χ0v) is 16.0. The average molecular weight is 357 g/mol. The van der Waals surface area contributed by atoms with Gasteiger partial charge in [0.2, 0.25) is 0 Å². The molecule has 1 amide bonds. The number of amides is 1. The van der Waals surface area contributed by atoms with E-state index in [1.807, 2.05) is 37.7 Å². The van der Waals surface area contributed by atoms with Crippen molar-refractivity contribution in [2.24, 2.45) is 14.1 Å². The fourth-order valence-electron chi connectivity index (χ4n) is 3.42. The smallest absolute Gasteiger partial charge is 0.263 e.